The molecule has 2 amide bonds. The van der Waals surface area contributed by atoms with Crippen molar-refractivity contribution in [1.29, 1.82) is 0 Å². The third kappa shape index (κ3) is 3.90. The van der Waals surface area contributed by atoms with Gasteiger partial charge >= 0.3 is 0 Å². The van der Waals surface area contributed by atoms with E-state index >= 15 is 0 Å². The number of hydrogen-bond donors (Lipinski definition) is 1. The Kier molecular flexibility index (Phi) is 5.31. The van der Waals surface area contributed by atoms with Crippen LogP contribution in [-0.2, 0) is 16.0 Å². The molecule has 1 N–H and O–H groups in total. The summed E-state index contributed by atoms with van der Waals surface area (Å²) in [6.45, 7) is 3.19. The molecule has 0 saturated carbocycles. The second-order valence-electron chi connectivity index (χ2n) is 5.07. The third-order valence-electron chi connectivity index (χ3n) is 3.53. The molecule has 2 rings (SSSR count). The van der Waals surface area contributed by atoms with Crippen molar-refractivity contribution in [3.8, 4) is 0 Å². The van der Waals surface area contributed by atoms with Crippen LogP contribution in [0, 0.1) is 0 Å². The molecule has 0 radical (unpaired) electrons. The van der Waals surface area contributed by atoms with E-state index in [0.29, 0.717) is 0 Å². The lowest BCUT2D eigenvalue weighted by atomic mass is 10.0. The summed E-state index contributed by atoms with van der Waals surface area (Å²) in [6, 6.07) is 7.68. The van der Waals surface area contributed by atoms with Crippen LogP contribution in [-0.4, -0.2) is 35.8 Å². The van der Waals surface area contributed by atoms with E-state index in [2.05, 4.69) is 21.2 Å². The second kappa shape index (κ2) is 6.99. The number of carbonyl (C=O) groups is 2. The highest BCUT2D eigenvalue weighted by Gasteiger charge is 2.28. The van der Waals surface area contributed by atoms with Crippen molar-refractivity contribution < 1.29 is 9.59 Å². The third-order valence-corrected chi connectivity index (χ3v) is 4.02. The Morgan fingerprint density at radius 3 is 2.65 bits per heavy atom. The van der Waals surface area contributed by atoms with E-state index in [-0.39, 0.29) is 24.3 Å². The van der Waals surface area contributed by atoms with E-state index in [4.69, 9.17) is 0 Å². The van der Waals surface area contributed by atoms with Gasteiger partial charge in [0.2, 0.25) is 11.8 Å². The Bertz CT molecular complexity index is 498. The van der Waals surface area contributed by atoms with Gasteiger partial charge in [-0.2, -0.15) is 0 Å². The van der Waals surface area contributed by atoms with Crippen LogP contribution in [0.4, 0.5) is 0 Å². The van der Waals surface area contributed by atoms with Crippen LogP contribution in [0.15, 0.2) is 28.7 Å². The number of piperidine rings is 1. The molecule has 0 atom stereocenters. The minimum Gasteiger partial charge on any atom is -0.317 e. The fourth-order valence-corrected chi connectivity index (χ4v) is 3.05. The normalized spacial score (nSPS) is 15.9. The van der Waals surface area contributed by atoms with Gasteiger partial charge in [-0.1, -0.05) is 28.1 Å². The first-order valence-electron chi connectivity index (χ1n) is 6.85. The number of rotatable bonds is 3. The van der Waals surface area contributed by atoms with E-state index in [1.54, 1.807) is 0 Å². The minimum atomic E-state index is -0.156. The van der Waals surface area contributed by atoms with Crippen molar-refractivity contribution in [2.75, 3.05) is 13.1 Å². The number of amides is 2. The molecular formula is C15H19BrN2O2. The van der Waals surface area contributed by atoms with Crippen molar-refractivity contribution >= 4 is 27.7 Å². The summed E-state index contributed by atoms with van der Waals surface area (Å²) in [6.07, 6.45) is 1.94. The number of benzene rings is 1. The van der Waals surface area contributed by atoms with Gasteiger partial charge in [0, 0.05) is 17.4 Å². The molecule has 1 aliphatic rings. The Hall–Kier alpha value is -1.20. The standard InChI is InChI=1S/C15H19BrN2O2/c1-11(19)18(14-5-7-17-8-6-14)15(20)10-12-3-2-4-13(16)9-12/h2-4,9,14,17H,5-8,10H2,1H3. The van der Waals surface area contributed by atoms with Gasteiger partial charge < -0.3 is 5.32 Å². The van der Waals surface area contributed by atoms with Crippen molar-refractivity contribution in [3.05, 3.63) is 34.3 Å². The van der Waals surface area contributed by atoms with E-state index in [1.807, 2.05) is 24.3 Å². The zero-order valence-corrected chi connectivity index (χ0v) is 13.1. The highest BCUT2D eigenvalue weighted by molar-refractivity contribution is 9.10. The molecule has 1 aromatic rings. The van der Waals surface area contributed by atoms with E-state index in [1.165, 1.54) is 11.8 Å². The number of hydrogen-bond acceptors (Lipinski definition) is 3. The van der Waals surface area contributed by atoms with Crippen molar-refractivity contribution in [3.63, 3.8) is 0 Å². The van der Waals surface area contributed by atoms with Crippen LogP contribution in [0.25, 0.3) is 0 Å². The molecule has 1 aromatic carbocycles. The first kappa shape index (κ1) is 15.2. The molecule has 1 aliphatic heterocycles. The van der Waals surface area contributed by atoms with Crippen molar-refractivity contribution in [2.45, 2.75) is 32.2 Å². The number of nitrogens with one attached hydrogen (secondary N) is 1. The Morgan fingerprint density at radius 2 is 2.05 bits per heavy atom. The van der Waals surface area contributed by atoms with Crippen LogP contribution in [0.1, 0.15) is 25.3 Å². The Labute approximate surface area is 127 Å². The number of nitrogens with zero attached hydrogens (tertiary/aromatic N) is 1. The zero-order valence-electron chi connectivity index (χ0n) is 11.6. The zero-order chi connectivity index (χ0) is 14.5. The summed E-state index contributed by atoms with van der Waals surface area (Å²) in [7, 11) is 0. The first-order chi connectivity index (χ1) is 9.58. The fourth-order valence-electron chi connectivity index (χ4n) is 2.61. The molecule has 0 unspecified atom stereocenters. The topological polar surface area (TPSA) is 49.4 Å². The average Bonchev–Trinajstić information content (AvgIpc) is 2.39. The quantitative estimate of drug-likeness (QED) is 0.918. The van der Waals surface area contributed by atoms with Crippen molar-refractivity contribution in [1.82, 2.24) is 10.2 Å². The molecule has 0 spiro atoms. The predicted octanol–water partition coefficient (Wildman–Crippen LogP) is 2.12. The molecule has 1 saturated heterocycles. The van der Waals surface area contributed by atoms with Crippen LogP contribution in [0.5, 0.6) is 0 Å². The molecule has 0 aliphatic carbocycles. The number of halogens is 1. The summed E-state index contributed by atoms with van der Waals surface area (Å²) in [5.74, 6) is -0.264. The minimum absolute atomic E-state index is 0.0356. The maximum Gasteiger partial charge on any atom is 0.233 e. The summed E-state index contributed by atoms with van der Waals surface area (Å²) in [5, 5.41) is 3.25. The molecule has 20 heavy (non-hydrogen) atoms. The lowest BCUT2D eigenvalue weighted by molar-refractivity contribution is -0.146. The molecule has 4 nitrogen and oxygen atoms in total. The Balaban J connectivity index is 2.08. The summed E-state index contributed by atoms with van der Waals surface area (Å²) in [5.41, 5.74) is 0.921. The number of imide groups is 1. The highest BCUT2D eigenvalue weighted by atomic mass is 79.9. The molecular weight excluding hydrogens is 320 g/mol. The van der Waals surface area contributed by atoms with E-state index < -0.39 is 0 Å². The molecule has 0 bridgehead atoms. The molecule has 0 aromatic heterocycles. The van der Waals surface area contributed by atoms with Crippen LogP contribution >= 0.6 is 15.9 Å². The maximum atomic E-state index is 12.4. The van der Waals surface area contributed by atoms with Crippen LogP contribution in [0.3, 0.4) is 0 Å². The van der Waals surface area contributed by atoms with Crippen molar-refractivity contribution in [2.24, 2.45) is 0 Å². The van der Waals surface area contributed by atoms with E-state index in [9.17, 15) is 9.59 Å². The smallest absolute Gasteiger partial charge is 0.233 e. The van der Waals surface area contributed by atoms with Gasteiger partial charge in [-0.05, 0) is 43.6 Å². The lowest BCUT2D eigenvalue weighted by Crippen LogP contribution is -2.48. The largest absolute Gasteiger partial charge is 0.317 e. The van der Waals surface area contributed by atoms with E-state index in [0.717, 1.165) is 36.0 Å². The lowest BCUT2D eigenvalue weighted by Gasteiger charge is -2.32. The summed E-state index contributed by atoms with van der Waals surface area (Å²) >= 11 is 3.39. The maximum absolute atomic E-state index is 12.4. The predicted molar refractivity (Wildman–Crippen MR) is 81.3 cm³/mol. The van der Waals surface area contributed by atoms with Gasteiger partial charge in [0.25, 0.3) is 0 Å². The molecule has 1 fully saturated rings. The van der Waals surface area contributed by atoms with Gasteiger partial charge in [0.05, 0.1) is 6.42 Å². The second-order valence-corrected chi connectivity index (χ2v) is 5.99. The average molecular weight is 339 g/mol. The molecule has 108 valence electrons. The fraction of sp³-hybridized carbons (Fsp3) is 0.467. The summed E-state index contributed by atoms with van der Waals surface area (Å²) in [4.78, 5) is 25.7. The van der Waals surface area contributed by atoms with Gasteiger partial charge in [-0.15, -0.1) is 0 Å². The molecule has 1 heterocycles. The van der Waals surface area contributed by atoms with Gasteiger partial charge in [0.1, 0.15) is 0 Å². The SMILES string of the molecule is CC(=O)N(C(=O)Cc1cccc(Br)c1)C1CCNCC1. The van der Waals surface area contributed by atoms with Gasteiger partial charge in [0.15, 0.2) is 0 Å². The van der Waals surface area contributed by atoms with Crippen LogP contribution in [0.2, 0.25) is 0 Å². The first-order valence-corrected chi connectivity index (χ1v) is 7.65. The molecule has 5 heteroatoms. The monoisotopic (exact) mass is 338 g/mol. The highest BCUT2D eigenvalue weighted by Crippen LogP contribution is 2.16. The Morgan fingerprint density at radius 1 is 1.35 bits per heavy atom. The van der Waals surface area contributed by atoms with Gasteiger partial charge in [-0.25, -0.2) is 0 Å². The van der Waals surface area contributed by atoms with Gasteiger partial charge in [-0.3, -0.25) is 14.5 Å². The number of carbonyl (C=O) groups excluding carboxylic acids is 2. The summed E-state index contributed by atoms with van der Waals surface area (Å²) < 4.78 is 0.944. The van der Waals surface area contributed by atoms with Crippen LogP contribution < -0.4 is 5.32 Å².